The lowest BCUT2D eigenvalue weighted by atomic mass is 9.86. The molecule has 0 heterocycles. The summed E-state index contributed by atoms with van der Waals surface area (Å²) >= 11 is 0. The molecule has 0 aliphatic heterocycles. The van der Waals surface area contributed by atoms with Crippen LogP contribution in [0, 0.1) is 0 Å². The molecule has 0 aliphatic carbocycles. The number of methoxy groups -OCH3 is 2. The third-order valence-corrected chi connectivity index (χ3v) is 9.92. The second kappa shape index (κ2) is 17.0. The topological polar surface area (TPSA) is 71.1 Å². The third kappa shape index (κ3) is 8.27. The molecule has 0 aromatic heterocycles. The molecule has 0 spiro atoms. The molecule has 282 valence electrons. The average molecular weight is 759 g/mol. The first-order chi connectivity index (χ1) is 28.4. The Kier molecular flexibility index (Phi) is 10.9. The maximum absolute atomic E-state index is 12.7. The number of fused-ring (bicyclic) bond motifs is 2. The van der Waals surface area contributed by atoms with Gasteiger partial charge in [-0.2, -0.15) is 0 Å². The van der Waals surface area contributed by atoms with Crippen LogP contribution in [-0.4, -0.2) is 26.2 Å². The van der Waals surface area contributed by atoms with Crippen LogP contribution < -0.4 is 18.9 Å². The normalized spacial score (nSPS) is 11.3. The van der Waals surface area contributed by atoms with Crippen molar-refractivity contribution in [2.24, 2.45) is 0 Å². The highest BCUT2D eigenvalue weighted by Crippen LogP contribution is 2.40. The van der Waals surface area contributed by atoms with Gasteiger partial charge >= 0.3 is 11.9 Å². The Hall–Kier alpha value is -7.70. The summed E-state index contributed by atoms with van der Waals surface area (Å²) in [6.45, 7) is 0. The third-order valence-electron chi connectivity index (χ3n) is 9.92. The van der Waals surface area contributed by atoms with E-state index in [1.807, 2.05) is 24.3 Å². The van der Waals surface area contributed by atoms with E-state index in [-0.39, 0.29) is 0 Å². The second-order valence-corrected chi connectivity index (χ2v) is 13.5. The number of carbonyl (C=O) groups excluding carboxylic acids is 2. The lowest BCUT2D eigenvalue weighted by Gasteiger charge is -2.17. The molecule has 0 unspecified atom stereocenters. The summed E-state index contributed by atoms with van der Waals surface area (Å²) in [4.78, 5) is 25.5. The van der Waals surface area contributed by atoms with Crippen LogP contribution in [0.1, 0.15) is 43.0 Å². The Balaban J connectivity index is 1.09. The highest BCUT2D eigenvalue weighted by molar-refractivity contribution is 6.11. The molecule has 0 atom stereocenters. The van der Waals surface area contributed by atoms with E-state index in [4.69, 9.17) is 18.9 Å². The number of benzene rings is 8. The molecule has 8 aromatic carbocycles. The number of carbonyl (C=O) groups is 2. The fourth-order valence-corrected chi connectivity index (χ4v) is 6.86. The first kappa shape index (κ1) is 37.2. The van der Waals surface area contributed by atoms with E-state index in [1.165, 1.54) is 0 Å². The molecule has 0 radical (unpaired) electrons. The molecule has 0 amide bonds. The smallest absolute Gasteiger partial charge is 0.343 e. The van der Waals surface area contributed by atoms with E-state index in [0.29, 0.717) is 34.1 Å². The SMILES string of the molecule is COc1ccc(C(=O)Oc2ccc(/C=C/c3ccc4ccccc4c3-c3c(/C=C/c4ccc(OC(=O)c5ccc(OC)cc5)cc4)ccc4ccccc34)cc2)cc1. The summed E-state index contributed by atoms with van der Waals surface area (Å²) in [5.74, 6) is 1.39. The van der Waals surface area contributed by atoms with Crippen molar-refractivity contribution in [3.05, 3.63) is 203 Å². The van der Waals surface area contributed by atoms with Gasteiger partial charge in [-0.25, -0.2) is 9.59 Å². The number of rotatable bonds is 11. The molecule has 6 heteroatoms. The zero-order valence-corrected chi connectivity index (χ0v) is 31.9. The number of ether oxygens (including phenoxy) is 4. The summed E-state index contributed by atoms with van der Waals surface area (Å²) in [6.07, 6.45) is 8.43. The van der Waals surface area contributed by atoms with Crippen LogP contribution in [-0.2, 0) is 0 Å². The van der Waals surface area contributed by atoms with Crippen molar-refractivity contribution in [3.8, 4) is 34.1 Å². The van der Waals surface area contributed by atoms with E-state index in [2.05, 4.69) is 97.1 Å². The molecule has 0 N–H and O–H groups in total. The lowest BCUT2D eigenvalue weighted by Crippen LogP contribution is -2.08. The molecule has 0 fully saturated rings. The summed E-state index contributed by atoms with van der Waals surface area (Å²) in [7, 11) is 3.17. The number of esters is 2. The zero-order valence-electron chi connectivity index (χ0n) is 31.9. The fraction of sp³-hybridized carbons (Fsp3) is 0.0385. The van der Waals surface area contributed by atoms with Gasteiger partial charge in [-0.05, 0) is 128 Å². The van der Waals surface area contributed by atoms with Gasteiger partial charge in [0.1, 0.15) is 23.0 Å². The molecule has 58 heavy (non-hydrogen) atoms. The largest absolute Gasteiger partial charge is 0.497 e. The molecular formula is C52H38O6. The van der Waals surface area contributed by atoms with Gasteiger partial charge in [-0.1, -0.05) is 121 Å². The first-order valence-electron chi connectivity index (χ1n) is 18.8. The van der Waals surface area contributed by atoms with Crippen LogP contribution >= 0.6 is 0 Å². The van der Waals surface area contributed by atoms with Crippen molar-refractivity contribution >= 4 is 57.8 Å². The Labute approximate surface area is 336 Å². The standard InChI is InChI=1S/C52H38O6/c1-55-43-31-23-41(24-32-43)51(53)57-45-27-13-35(14-28-45)11-17-39-21-19-37-7-3-5-9-47(37)49(39)50-40(22-20-38-8-4-6-10-48(38)50)18-12-36-15-29-46(30-16-36)58-52(54)42-25-33-44(56-2)34-26-42/h3-34H,1-2H3/b17-11+,18-12+. The van der Waals surface area contributed by atoms with Crippen LogP contribution in [0.25, 0.3) is 57.0 Å². The highest BCUT2D eigenvalue weighted by atomic mass is 16.5. The minimum absolute atomic E-state index is 0.435. The molecule has 0 aliphatic rings. The minimum atomic E-state index is -0.435. The second-order valence-electron chi connectivity index (χ2n) is 13.5. The summed E-state index contributed by atoms with van der Waals surface area (Å²) in [6, 6.07) is 54.1. The van der Waals surface area contributed by atoms with Crippen molar-refractivity contribution < 1.29 is 28.5 Å². The number of hydrogen-bond donors (Lipinski definition) is 0. The summed E-state index contributed by atoms with van der Waals surface area (Å²) in [5, 5.41) is 4.56. The van der Waals surface area contributed by atoms with Crippen molar-refractivity contribution in [1.82, 2.24) is 0 Å². The van der Waals surface area contributed by atoms with Gasteiger partial charge in [0.05, 0.1) is 25.3 Å². The zero-order chi connectivity index (χ0) is 39.8. The predicted molar refractivity (Wildman–Crippen MR) is 234 cm³/mol. The van der Waals surface area contributed by atoms with Gasteiger partial charge in [-0.15, -0.1) is 0 Å². The monoisotopic (exact) mass is 758 g/mol. The van der Waals surface area contributed by atoms with Gasteiger partial charge in [0.2, 0.25) is 0 Å². The Bertz CT molecular complexity index is 2600. The van der Waals surface area contributed by atoms with Crippen molar-refractivity contribution in [2.45, 2.75) is 0 Å². The van der Waals surface area contributed by atoms with Gasteiger partial charge < -0.3 is 18.9 Å². The van der Waals surface area contributed by atoms with Crippen molar-refractivity contribution in [3.63, 3.8) is 0 Å². The molecule has 0 bridgehead atoms. The molecular weight excluding hydrogens is 721 g/mol. The molecule has 0 saturated heterocycles. The molecule has 0 saturated carbocycles. The Morgan fingerprint density at radius 3 is 1.12 bits per heavy atom. The summed E-state index contributed by atoms with van der Waals surface area (Å²) in [5.41, 5.74) is 7.16. The lowest BCUT2D eigenvalue weighted by molar-refractivity contribution is 0.0725. The van der Waals surface area contributed by atoms with Crippen molar-refractivity contribution in [2.75, 3.05) is 14.2 Å². The molecule has 8 rings (SSSR count). The van der Waals surface area contributed by atoms with Gasteiger partial charge in [0, 0.05) is 0 Å². The maximum atomic E-state index is 12.7. The van der Waals surface area contributed by atoms with E-state index in [9.17, 15) is 9.59 Å². The van der Waals surface area contributed by atoms with E-state index >= 15 is 0 Å². The Morgan fingerprint density at radius 2 is 0.741 bits per heavy atom. The first-order valence-corrected chi connectivity index (χ1v) is 18.8. The maximum Gasteiger partial charge on any atom is 0.343 e. The minimum Gasteiger partial charge on any atom is -0.497 e. The van der Waals surface area contributed by atoms with Crippen LogP contribution in [0.5, 0.6) is 23.0 Å². The Morgan fingerprint density at radius 1 is 0.379 bits per heavy atom. The molecule has 8 aromatic rings. The van der Waals surface area contributed by atoms with Gasteiger partial charge in [-0.3, -0.25) is 0 Å². The van der Waals surface area contributed by atoms with Crippen LogP contribution in [0.3, 0.4) is 0 Å². The van der Waals surface area contributed by atoms with Crippen molar-refractivity contribution in [1.29, 1.82) is 0 Å². The van der Waals surface area contributed by atoms with Gasteiger partial charge in [0.15, 0.2) is 0 Å². The van der Waals surface area contributed by atoms with E-state index in [1.54, 1.807) is 87.0 Å². The van der Waals surface area contributed by atoms with Crippen LogP contribution in [0.15, 0.2) is 170 Å². The highest BCUT2D eigenvalue weighted by Gasteiger charge is 2.16. The average Bonchev–Trinajstić information content (AvgIpc) is 3.28. The van der Waals surface area contributed by atoms with E-state index in [0.717, 1.165) is 54.9 Å². The van der Waals surface area contributed by atoms with Gasteiger partial charge in [0.25, 0.3) is 0 Å². The molecule has 6 nitrogen and oxygen atoms in total. The van der Waals surface area contributed by atoms with Crippen LogP contribution in [0.2, 0.25) is 0 Å². The quantitative estimate of drug-likeness (QED) is 0.0743. The summed E-state index contributed by atoms with van der Waals surface area (Å²) < 4.78 is 21.7. The van der Waals surface area contributed by atoms with Crippen LogP contribution in [0.4, 0.5) is 0 Å². The number of hydrogen-bond acceptors (Lipinski definition) is 6. The van der Waals surface area contributed by atoms with E-state index < -0.39 is 11.9 Å². The predicted octanol–water partition coefficient (Wildman–Crippen LogP) is 12.5. The fourth-order valence-electron chi connectivity index (χ4n) is 6.86.